The Hall–Kier alpha value is -2.04. The maximum Gasteiger partial charge on any atom is 0.277 e. The van der Waals surface area contributed by atoms with Crippen molar-refractivity contribution < 1.29 is 0 Å². The average molecular weight is 260 g/mol. The van der Waals surface area contributed by atoms with Gasteiger partial charge in [0.1, 0.15) is 5.82 Å². The molecule has 5 nitrogen and oxygen atoms in total. The summed E-state index contributed by atoms with van der Waals surface area (Å²) >= 11 is 0. The molecular weight excluding hydrogens is 240 g/mol. The van der Waals surface area contributed by atoms with Gasteiger partial charge in [0.15, 0.2) is 5.52 Å². The van der Waals surface area contributed by atoms with Crippen molar-refractivity contribution in [1.29, 1.82) is 0 Å². The van der Waals surface area contributed by atoms with Crippen molar-refractivity contribution in [2.75, 3.05) is 5.73 Å². The summed E-state index contributed by atoms with van der Waals surface area (Å²) < 4.78 is 2.02. The second-order valence-electron chi connectivity index (χ2n) is 4.68. The lowest BCUT2D eigenvalue weighted by molar-refractivity contribution is 0.612. The molecule has 0 saturated heterocycles. The minimum atomic E-state index is -0.227. The van der Waals surface area contributed by atoms with Crippen LogP contribution >= 0.6 is 0 Å². The predicted molar refractivity (Wildman–Crippen MR) is 78.2 cm³/mol. The maximum absolute atomic E-state index is 11.9. The van der Waals surface area contributed by atoms with Crippen LogP contribution < -0.4 is 11.3 Å². The van der Waals surface area contributed by atoms with Gasteiger partial charge in [-0.15, -0.1) is 6.58 Å². The summed E-state index contributed by atoms with van der Waals surface area (Å²) in [6.45, 7) is 6.76. The van der Waals surface area contributed by atoms with Gasteiger partial charge in [-0.05, 0) is 12.8 Å². The van der Waals surface area contributed by atoms with Crippen LogP contribution in [0.5, 0.6) is 0 Å². The van der Waals surface area contributed by atoms with Crippen molar-refractivity contribution >= 4 is 16.9 Å². The average Bonchev–Trinajstić information content (AvgIpc) is 2.79. The number of aromatic amines is 1. The Kier molecular flexibility index (Phi) is 4.04. The minimum absolute atomic E-state index is 0.227. The SMILES string of the molecule is C=CCc1c(N)[nH]c(=O)c2ncn(CCCCC)c12. The van der Waals surface area contributed by atoms with E-state index in [1.165, 1.54) is 0 Å². The van der Waals surface area contributed by atoms with Crippen LogP contribution in [0.3, 0.4) is 0 Å². The van der Waals surface area contributed by atoms with Crippen LogP contribution in [0.25, 0.3) is 11.0 Å². The first kappa shape index (κ1) is 13.4. The molecule has 2 heterocycles. The van der Waals surface area contributed by atoms with Gasteiger partial charge in [0, 0.05) is 12.1 Å². The first-order chi connectivity index (χ1) is 9.19. The van der Waals surface area contributed by atoms with Gasteiger partial charge in [-0.25, -0.2) is 4.98 Å². The number of pyridine rings is 1. The molecule has 19 heavy (non-hydrogen) atoms. The Labute approximate surface area is 112 Å². The van der Waals surface area contributed by atoms with Gasteiger partial charge in [0.25, 0.3) is 5.56 Å². The van der Waals surface area contributed by atoms with E-state index in [9.17, 15) is 4.79 Å². The molecule has 2 aromatic heterocycles. The fourth-order valence-electron chi connectivity index (χ4n) is 2.30. The summed E-state index contributed by atoms with van der Waals surface area (Å²) in [5.74, 6) is 0.412. The summed E-state index contributed by atoms with van der Waals surface area (Å²) in [6, 6.07) is 0. The molecule has 0 aromatic carbocycles. The summed E-state index contributed by atoms with van der Waals surface area (Å²) in [5, 5.41) is 0. The number of rotatable bonds is 6. The molecule has 2 rings (SSSR count). The first-order valence-corrected chi connectivity index (χ1v) is 6.65. The molecule has 0 bridgehead atoms. The van der Waals surface area contributed by atoms with Crippen molar-refractivity contribution in [3.8, 4) is 0 Å². The Morgan fingerprint density at radius 2 is 2.32 bits per heavy atom. The van der Waals surface area contributed by atoms with E-state index in [1.54, 1.807) is 12.4 Å². The zero-order valence-electron chi connectivity index (χ0n) is 11.3. The zero-order chi connectivity index (χ0) is 13.8. The molecule has 5 heteroatoms. The Bertz CT molecular complexity index is 639. The number of hydrogen-bond donors (Lipinski definition) is 2. The van der Waals surface area contributed by atoms with Crippen molar-refractivity contribution in [2.24, 2.45) is 0 Å². The van der Waals surface area contributed by atoms with Gasteiger partial charge in [0.05, 0.1) is 11.8 Å². The summed E-state index contributed by atoms with van der Waals surface area (Å²) in [5.41, 5.74) is 7.89. The van der Waals surface area contributed by atoms with E-state index < -0.39 is 0 Å². The molecule has 0 radical (unpaired) electrons. The van der Waals surface area contributed by atoms with Crippen LogP contribution in [0.15, 0.2) is 23.8 Å². The molecule has 0 aliphatic heterocycles. The molecule has 102 valence electrons. The Morgan fingerprint density at radius 1 is 1.53 bits per heavy atom. The first-order valence-electron chi connectivity index (χ1n) is 6.65. The maximum atomic E-state index is 11.9. The number of aryl methyl sites for hydroxylation is 1. The number of allylic oxidation sites excluding steroid dienone is 1. The van der Waals surface area contributed by atoms with Gasteiger partial charge < -0.3 is 15.3 Å². The summed E-state index contributed by atoms with van der Waals surface area (Å²) in [7, 11) is 0. The number of fused-ring (bicyclic) bond motifs is 1. The van der Waals surface area contributed by atoms with E-state index in [1.807, 2.05) is 4.57 Å². The number of aromatic nitrogens is 3. The minimum Gasteiger partial charge on any atom is -0.385 e. The Morgan fingerprint density at radius 3 is 3.00 bits per heavy atom. The molecule has 0 aliphatic rings. The Balaban J connectivity index is 2.53. The fraction of sp³-hybridized carbons (Fsp3) is 0.429. The zero-order valence-corrected chi connectivity index (χ0v) is 11.3. The number of imidazole rings is 1. The van der Waals surface area contributed by atoms with E-state index in [2.05, 4.69) is 23.5 Å². The van der Waals surface area contributed by atoms with Crippen molar-refractivity contribution in [3.63, 3.8) is 0 Å². The number of nitrogens with one attached hydrogen (secondary N) is 1. The standard InChI is InChI=1S/C14H20N4O/c1-3-5-6-8-18-9-16-11-12(18)10(7-4-2)13(15)17-14(11)19/h4,9H,2-3,5-8H2,1H3,(H3,15,17,19). The molecule has 0 atom stereocenters. The molecular formula is C14H20N4O. The van der Waals surface area contributed by atoms with Crippen LogP contribution in [0, 0.1) is 0 Å². The number of H-pyrrole nitrogens is 1. The third-order valence-corrected chi connectivity index (χ3v) is 3.26. The van der Waals surface area contributed by atoms with Crippen LogP contribution in [-0.4, -0.2) is 14.5 Å². The second-order valence-corrected chi connectivity index (χ2v) is 4.68. The number of unbranched alkanes of at least 4 members (excludes halogenated alkanes) is 2. The lowest BCUT2D eigenvalue weighted by atomic mass is 10.1. The third kappa shape index (κ3) is 2.54. The van der Waals surface area contributed by atoms with Crippen molar-refractivity contribution in [2.45, 2.75) is 39.2 Å². The van der Waals surface area contributed by atoms with Gasteiger partial charge in [0.2, 0.25) is 0 Å². The largest absolute Gasteiger partial charge is 0.385 e. The summed E-state index contributed by atoms with van der Waals surface area (Å²) in [4.78, 5) is 18.7. The van der Waals surface area contributed by atoms with Crippen molar-refractivity contribution in [3.05, 3.63) is 34.9 Å². The molecule has 0 amide bonds. The lowest BCUT2D eigenvalue weighted by Crippen LogP contribution is -2.13. The van der Waals surface area contributed by atoms with E-state index in [0.29, 0.717) is 17.8 Å². The van der Waals surface area contributed by atoms with Crippen LogP contribution in [0.1, 0.15) is 31.7 Å². The van der Waals surface area contributed by atoms with Crippen LogP contribution in [0.2, 0.25) is 0 Å². The van der Waals surface area contributed by atoms with Crippen molar-refractivity contribution in [1.82, 2.24) is 14.5 Å². The van der Waals surface area contributed by atoms with Gasteiger partial charge in [-0.3, -0.25) is 4.79 Å². The quantitative estimate of drug-likeness (QED) is 0.617. The van der Waals surface area contributed by atoms with Crippen LogP contribution in [-0.2, 0) is 13.0 Å². The molecule has 0 spiro atoms. The van der Waals surface area contributed by atoms with Gasteiger partial charge in [-0.2, -0.15) is 0 Å². The molecule has 2 aromatic rings. The number of nitrogen functional groups attached to an aromatic ring is 1. The van der Waals surface area contributed by atoms with E-state index >= 15 is 0 Å². The number of hydrogen-bond acceptors (Lipinski definition) is 3. The van der Waals surface area contributed by atoms with E-state index in [-0.39, 0.29) is 5.56 Å². The third-order valence-electron chi connectivity index (χ3n) is 3.26. The highest BCUT2D eigenvalue weighted by Gasteiger charge is 2.13. The molecule has 0 saturated carbocycles. The highest BCUT2D eigenvalue weighted by molar-refractivity contribution is 5.82. The highest BCUT2D eigenvalue weighted by atomic mass is 16.1. The van der Waals surface area contributed by atoms with Gasteiger partial charge in [-0.1, -0.05) is 25.8 Å². The smallest absolute Gasteiger partial charge is 0.277 e. The lowest BCUT2D eigenvalue weighted by Gasteiger charge is -2.09. The number of nitrogens with two attached hydrogens (primary N) is 1. The molecule has 3 N–H and O–H groups in total. The van der Waals surface area contributed by atoms with Gasteiger partial charge >= 0.3 is 0 Å². The molecule has 0 unspecified atom stereocenters. The fourth-order valence-corrected chi connectivity index (χ4v) is 2.30. The number of nitrogens with zero attached hydrogens (tertiary/aromatic N) is 2. The van der Waals surface area contributed by atoms with E-state index in [4.69, 9.17) is 5.73 Å². The second kappa shape index (κ2) is 5.73. The van der Waals surface area contributed by atoms with E-state index in [0.717, 1.165) is 36.9 Å². The van der Waals surface area contributed by atoms with Crippen LogP contribution in [0.4, 0.5) is 5.82 Å². The monoisotopic (exact) mass is 260 g/mol. The topological polar surface area (TPSA) is 76.7 Å². The molecule has 0 fully saturated rings. The number of anilines is 1. The normalized spacial score (nSPS) is 11.0. The molecule has 0 aliphatic carbocycles. The highest BCUT2D eigenvalue weighted by Crippen LogP contribution is 2.20. The predicted octanol–water partition coefficient (Wildman–Crippen LogP) is 2.23. The summed E-state index contributed by atoms with van der Waals surface area (Å²) in [6.07, 6.45) is 7.53.